The molecule has 0 saturated heterocycles. The van der Waals surface area contributed by atoms with E-state index in [9.17, 15) is 9.59 Å². The zero-order valence-corrected chi connectivity index (χ0v) is 6.44. The first-order chi connectivity index (χ1) is 4.04. The smallest absolute Gasteiger partial charge is 0.321 e. The minimum atomic E-state index is -1.29. The molecule has 0 aliphatic heterocycles. The molecule has 0 unspecified atom stereocenters. The van der Waals surface area contributed by atoms with Crippen LogP contribution in [0.25, 0.3) is 0 Å². The average molecular weight is 256 g/mol. The summed E-state index contributed by atoms with van der Waals surface area (Å²) in [4.78, 5) is 19.6. The second kappa shape index (κ2) is 7.67. The van der Waals surface area contributed by atoms with Gasteiger partial charge in [0.1, 0.15) is 6.04 Å². The summed E-state index contributed by atoms with van der Waals surface area (Å²) in [6.45, 7) is 0. The Morgan fingerprint density at radius 3 is 1.82 bits per heavy atom. The minimum absolute atomic E-state index is 0. The molecular formula is C5H11NO4Pd. The summed E-state index contributed by atoms with van der Waals surface area (Å²) in [5.74, 6) is -2.50. The van der Waals surface area contributed by atoms with E-state index in [2.05, 4.69) is 0 Å². The molecule has 0 aromatic heterocycles. The van der Waals surface area contributed by atoms with E-state index in [0.717, 1.165) is 0 Å². The van der Waals surface area contributed by atoms with Crippen molar-refractivity contribution in [2.45, 2.75) is 19.9 Å². The Bertz CT molecular complexity index is 138. The van der Waals surface area contributed by atoms with E-state index >= 15 is 0 Å². The van der Waals surface area contributed by atoms with Crippen molar-refractivity contribution in [2.24, 2.45) is 5.73 Å². The zero-order valence-electron chi connectivity index (χ0n) is 4.89. The Labute approximate surface area is 78.2 Å². The minimum Gasteiger partial charge on any atom is -0.481 e. The number of carboxylic acid groups (broad SMARTS) is 2. The van der Waals surface area contributed by atoms with Crippen LogP contribution < -0.4 is 5.73 Å². The van der Waals surface area contributed by atoms with Gasteiger partial charge in [0.05, 0.1) is 6.42 Å². The molecule has 0 aromatic rings. The molecule has 0 amide bonds. The number of carboxylic acids is 2. The molecule has 0 aliphatic carbocycles. The number of aliphatic carboxylic acids is 2. The molecule has 6 heteroatoms. The van der Waals surface area contributed by atoms with Gasteiger partial charge in [-0.1, -0.05) is 7.43 Å². The number of hydrogen-bond acceptors (Lipinski definition) is 3. The van der Waals surface area contributed by atoms with Crippen LogP contribution in [0.3, 0.4) is 0 Å². The van der Waals surface area contributed by atoms with Crippen molar-refractivity contribution in [1.82, 2.24) is 0 Å². The summed E-state index contributed by atoms with van der Waals surface area (Å²) in [5.41, 5.74) is 4.84. The van der Waals surface area contributed by atoms with Crippen LogP contribution in [0.4, 0.5) is 0 Å². The number of hydrogen-bond donors (Lipinski definition) is 3. The maximum atomic E-state index is 9.85. The maximum Gasteiger partial charge on any atom is 0.321 e. The monoisotopic (exact) mass is 255 g/mol. The molecule has 0 heterocycles. The van der Waals surface area contributed by atoms with Gasteiger partial charge in [0.15, 0.2) is 0 Å². The summed E-state index contributed by atoms with van der Waals surface area (Å²) < 4.78 is 0. The molecular weight excluding hydrogens is 244 g/mol. The molecule has 4 N–H and O–H groups in total. The van der Waals surface area contributed by atoms with Crippen LogP contribution >= 0.6 is 0 Å². The predicted octanol–water partition coefficient (Wildman–Crippen LogP) is -0.493. The van der Waals surface area contributed by atoms with Gasteiger partial charge in [0.25, 0.3) is 0 Å². The van der Waals surface area contributed by atoms with E-state index in [0.29, 0.717) is 0 Å². The molecule has 5 nitrogen and oxygen atoms in total. The summed E-state index contributed by atoms with van der Waals surface area (Å²) in [6, 6.07) is -1.29. The van der Waals surface area contributed by atoms with Crippen molar-refractivity contribution in [3.63, 3.8) is 0 Å². The first-order valence-electron chi connectivity index (χ1n) is 2.24. The molecule has 0 fully saturated rings. The molecule has 0 radical (unpaired) electrons. The SMILES string of the molecule is C.N[C@@H](CC(=O)O)C(=O)O.[Pd]. The fourth-order valence-corrected chi connectivity index (χ4v) is 0.275. The maximum absolute atomic E-state index is 9.85. The van der Waals surface area contributed by atoms with Crippen LogP contribution in [-0.4, -0.2) is 28.2 Å². The fraction of sp³-hybridized carbons (Fsp3) is 0.600. The number of rotatable bonds is 3. The van der Waals surface area contributed by atoms with Crippen molar-refractivity contribution in [3.8, 4) is 0 Å². The van der Waals surface area contributed by atoms with E-state index in [1.807, 2.05) is 0 Å². The molecule has 0 aliphatic rings. The topological polar surface area (TPSA) is 101 Å². The Hall–Kier alpha value is -0.438. The van der Waals surface area contributed by atoms with Crippen molar-refractivity contribution in [1.29, 1.82) is 0 Å². The van der Waals surface area contributed by atoms with Gasteiger partial charge in [-0.15, -0.1) is 0 Å². The summed E-state index contributed by atoms with van der Waals surface area (Å²) in [7, 11) is 0. The van der Waals surface area contributed by atoms with Crippen LogP contribution in [0.1, 0.15) is 13.8 Å². The zero-order chi connectivity index (χ0) is 7.44. The quantitative estimate of drug-likeness (QED) is 0.591. The predicted molar refractivity (Wildman–Crippen MR) is 34.6 cm³/mol. The van der Waals surface area contributed by atoms with Crippen LogP contribution in [0.15, 0.2) is 0 Å². The standard InChI is InChI=1S/C4H7NO4.CH4.Pd/c5-2(4(8)9)1-3(6)7;;/h2H,1,5H2,(H,6,7)(H,8,9);1H4;/t2-;;/m0../s1. The van der Waals surface area contributed by atoms with E-state index in [1.54, 1.807) is 0 Å². The van der Waals surface area contributed by atoms with Crippen molar-refractivity contribution in [2.75, 3.05) is 0 Å². The Balaban J connectivity index is -0.000000320. The molecule has 0 spiro atoms. The van der Waals surface area contributed by atoms with Gasteiger partial charge in [-0.2, -0.15) is 0 Å². The molecule has 0 bridgehead atoms. The Morgan fingerprint density at radius 2 is 1.73 bits per heavy atom. The second-order valence-electron chi connectivity index (χ2n) is 1.54. The van der Waals surface area contributed by atoms with E-state index < -0.39 is 24.4 Å². The summed E-state index contributed by atoms with van der Waals surface area (Å²) >= 11 is 0. The Kier molecular flexibility index (Phi) is 11.8. The Morgan fingerprint density at radius 1 is 1.36 bits per heavy atom. The van der Waals surface area contributed by atoms with Crippen LogP contribution in [0, 0.1) is 0 Å². The van der Waals surface area contributed by atoms with Gasteiger partial charge < -0.3 is 15.9 Å². The van der Waals surface area contributed by atoms with Crippen molar-refractivity contribution in [3.05, 3.63) is 0 Å². The molecule has 0 saturated carbocycles. The van der Waals surface area contributed by atoms with Gasteiger partial charge >= 0.3 is 11.9 Å². The van der Waals surface area contributed by atoms with Gasteiger partial charge in [-0.25, -0.2) is 0 Å². The molecule has 0 aromatic carbocycles. The van der Waals surface area contributed by atoms with Crippen molar-refractivity contribution >= 4 is 11.9 Å². The van der Waals surface area contributed by atoms with Gasteiger partial charge in [-0.3, -0.25) is 9.59 Å². The molecule has 70 valence electrons. The van der Waals surface area contributed by atoms with Crippen molar-refractivity contribution < 1.29 is 40.2 Å². The molecule has 0 rings (SSSR count). The first kappa shape index (κ1) is 16.9. The third-order valence-corrected chi connectivity index (χ3v) is 0.712. The normalized spacial score (nSPS) is 10.3. The summed E-state index contributed by atoms with van der Waals surface area (Å²) in [5, 5.41) is 16.0. The van der Waals surface area contributed by atoms with E-state index in [1.165, 1.54) is 0 Å². The van der Waals surface area contributed by atoms with Crippen LogP contribution in [-0.2, 0) is 30.0 Å². The molecule has 1 atom stereocenters. The van der Waals surface area contributed by atoms with E-state index in [4.69, 9.17) is 15.9 Å². The largest absolute Gasteiger partial charge is 0.481 e. The van der Waals surface area contributed by atoms with Crippen LogP contribution in [0.5, 0.6) is 0 Å². The van der Waals surface area contributed by atoms with Gasteiger partial charge in [0.2, 0.25) is 0 Å². The first-order valence-corrected chi connectivity index (χ1v) is 2.24. The fourth-order valence-electron chi connectivity index (χ4n) is 0.275. The van der Waals surface area contributed by atoms with Crippen LogP contribution in [0.2, 0.25) is 0 Å². The third kappa shape index (κ3) is 9.56. The van der Waals surface area contributed by atoms with Gasteiger partial charge in [-0.05, 0) is 0 Å². The van der Waals surface area contributed by atoms with Gasteiger partial charge in [0, 0.05) is 20.4 Å². The number of carbonyl (C=O) groups is 2. The third-order valence-electron chi connectivity index (χ3n) is 0.712. The second-order valence-corrected chi connectivity index (χ2v) is 1.54. The summed E-state index contributed by atoms with van der Waals surface area (Å²) in [6.07, 6.45) is -0.532. The molecule has 11 heavy (non-hydrogen) atoms. The van der Waals surface area contributed by atoms with E-state index in [-0.39, 0.29) is 27.8 Å². The average Bonchev–Trinajstić information content (AvgIpc) is 1.63. The number of nitrogens with two attached hydrogens (primary N) is 1.